The van der Waals surface area contributed by atoms with Crippen molar-refractivity contribution in [2.75, 3.05) is 19.6 Å². The van der Waals surface area contributed by atoms with Gasteiger partial charge in [0.1, 0.15) is 5.69 Å². The lowest BCUT2D eigenvalue weighted by molar-refractivity contribution is -0.185. The Morgan fingerprint density at radius 1 is 1.07 bits per heavy atom. The fourth-order valence-electron chi connectivity index (χ4n) is 3.18. The van der Waals surface area contributed by atoms with Crippen molar-refractivity contribution in [1.29, 1.82) is 0 Å². The van der Waals surface area contributed by atoms with Gasteiger partial charge in [0.05, 0.1) is 11.5 Å². The third-order valence-electron chi connectivity index (χ3n) is 4.78. The third-order valence-corrected chi connectivity index (χ3v) is 4.78. The number of halogens is 6. The van der Waals surface area contributed by atoms with Crippen molar-refractivity contribution in [2.45, 2.75) is 45.1 Å². The number of likely N-dealkylation sites (tertiary alicyclic amines) is 1. The zero-order valence-electron chi connectivity index (χ0n) is 14.7. The fourth-order valence-corrected chi connectivity index (χ4v) is 3.18. The lowest BCUT2D eigenvalue weighted by Crippen LogP contribution is -2.42. The highest BCUT2D eigenvalue weighted by Gasteiger charge is 2.41. The van der Waals surface area contributed by atoms with Crippen molar-refractivity contribution in [1.82, 2.24) is 9.47 Å². The summed E-state index contributed by atoms with van der Waals surface area (Å²) in [5.41, 5.74) is -2.52. The average molecular weight is 398 g/mol. The minimum Gasteiger partial charge on any atom is -0.303 e. The minimum atomic E-state index is -4.78. The first-order valence-corrected chi connectivity index (χ1v) is 8.58. The van der Waals surface area contributed by atoms with Crippen molar-refractivity contribution >= 4 is 5.78 Å². The van der Waals surface area contributed by atoms with Crippen LogP contribution in [0.25, 0.3) is 0 Å². The summed E-state index contributed by atoms with van der Waals surface area (Å²) < 4.78 is 78.2. The molecule has 0 bridgehead atoms. The van der Waals surface area contributed by atoms with Gasteiger partial charge in [-0.3, -0.25) is 9.59 Å². The van der Waals surface area contributed by atoms with Gasteiger partial charge < -0.3 is 9.47 Å². The molecule has 2 rings (SSSR count). The number of carbonyl (C=O) groups excluding carboxylic acids is 1. The van der Waals surface area contributed by atoms with Crippen LogP contribution >= 0.6 is 0 Å². The van der Waals surface area contributed by atoms with Gasteiger partial charge in [-0.25, -0.2) is 0 Å². The lowest BCUT2D eigenvalue weighted by Gasteiger charge is -2.33. The number of carbonyl (C=O) groups is 1. The molecule has 27 heavy (non-hydrogen) atoms. The molecule has 2 heterocycles. The molecule has 152 valence electrons. The number of pyridine rings is 1. The summed E-state index contributed by atoms with van der Waals surface area (Å²) in [7, 11) is 0. The maximum absolute atomic E-state index is 13.2. The molecule has 0 N–H and O–H groups in total. The SMILES string of the molecule is CCC(=O)c1ccc(C(F)(F)F)n(CCN2CCC(C(F)(F)F)CC2)c1=O. The molecule has 0 spiro atoms. The largest absolute Gasteiger partial charge is 0.431 e. The molecule has 1 aromatic rings. The average Bonchev–Trinajstić information content (AvgIpc) is 2.58. The number of hydrogen-bond acceptors (Lipinski definition) is 3. The molecule has 1 aliphatic heterocycles. The van der Waals surface area contributed by atoms with Gasteiger partial charge in [-0.1, -0.05) is 6.92 Å². The molecule has 10 heteroatoms. The normalized spacial score (nSPS) is 17.3. The Kier molecular flexibility index (Phi) is 6.39. The second kappa shape index (κ2) is 8.04. The van der Waals surface area contributed by atoms with Crippen molar-refractivity contribution in [3.05, 3.63) is 33.7 Å². The van der Waals surface area contributed by atoms with Crippen LogP contribution in [0.15, 0.2) is 16.9 Å². The van der Waals surface area contributed by atoms with E-state index in [1.165, 1.54) is 6.92 Å². The molecular weight excluding hydrogens is 378 g/mol. The molecule has 1 aliphatic rings. The van der Waals surface area contributed by atoms with Crippen molar-refractivity contribution in [3.8, 4) is 0 Å². The van der Waals surface area contributed by atoms with Crippen LogP contribution in [0.1, 0.15) is 42.2 Å². The quantitative estimate of drug-likeness (QED) is 0.561. The van der Waals surface area contributed by atoms with Gasteiger partial charge in [-0.05, 0) is 38.1 Å². The lowest BCUT2D eigenvalue weighted by atomic mass is 9.96. The molecule has 0 amide bonds. The number of rotatable bonds is 5. The maximum Gasteiger partial charge on any atom is 0.431 e. The summed E-state index contributed by atoms with van der Waals surface area (Å²) in [5.74, 6) is -1.97. The summed E-state index contributed by atoms with van der Waals surface area (Å²) in [6.45, 7) is 1.32. The Morgan fingerprint density at radius 3 is 2.15 bits per heavy atom. The maximum atomic E-state index is 13.2. The first-order valence-electron chi connectivity index (χ1n) is 8.58. The molecule has 1 saturated heterocycles. The van der Waals surface area contributed by atoms with Crippen molar-refractivity contribution in [3.63, 3.8) is 0 Å². The predicted molar refractivity (Wildman–Crippen MR) is 85.5 cm³/mol. The molecule has 4 nitrogen and oxygen atoms in total. The van der Waals surface area contributed by atoms with Gasteiger partial charge in [-0.15, -0.1) is 0 Å². The molecule has 1 fully saturated rings. The fraction of sp³-hybridized carbons (Fsp3) is 0.647. The van der Waals surface area contributed by atoms with Gasteiger partial charge >= 0.3 is 12.4 Å². The van der Waals surface area contributed by atoms with E-state index < -0.39 is 35.3 Å². The van der Waals surface area contributed by atoms with Gasteiger partial charge in [0.25, 0.3) is 5.56 Å². The van der Waals surface area contributed by atoms with E-state index in [1.807, 2.05) is 0 Å². The summed E-state index contributed by atoms with van der Waals surface area (Å²) in [4.78, 5) is 25.7. The highest BCUT2D eigenvalue weighted by molar-refractivity contribution is 5.95. The van der Waals surface area contributed by atoms with Gasteiger partial charge in [0, 0.05) is 19.5 Å². The van der Waals surface area contributed by atoms with E-state index in [9.17, 15) is 35.9 Å². The Hall–Kier alpha value is -1.84. The van der Waals surface area contributed by atoms with Crippen LogP contribution in [0.5, 0.6) is 0 Å². The highest BCUT2D eigenvalue weighted by Crippen LogP contribution is 2.34. The number of Topliss-reactive ketones (excluding diaryl/α,β-unsaturated/α-hetero) is 1. The molecule has 0 aromatic carbocycles. The number of alkyl halides is 6. The molecule has 1 aromatic heterocycles. The van der Waals surface area contributed by atoms with Crippen LogP contribution < -0.4 is 5.56 Å². The second-order valence-corrected chi connectivity index (χ2v) is 6.52. The molecule has 0 unspecified atom stereocenters. The summed E-state index contributed by atoms with van der Waals surface area (Å²) in [5, 5.41) is 0. The predicted octanol–water partition coefficient (Wildman–Crippen LogP) is 3.73. The number of nitrogens with zero attached hydrogens (tertiary/aromatic N) is 2. The van der Waals surface area contributed by atoms with E-state index in [-0.39, 0.29) is 51.0 Å². The third kappa shape index (κ3) is 5.12. The summed E-state index contributed by atoms with van der Waals surface area (Å²) in [6.07, 6.45) is -9.33. The van der Waals surface area contributed by atoms with Crippen molar-refractivity contribution < 1.29 is 31.1 Å². The van der Waals surface area contributed by atoms with Crippen LogP contribution in [0.3, 0.4) is 0 Å². The monoisotopic (exact) mass is 398 g/mol. The van der Waals surface area contributed by atoms with E-state index in [2.05, 4.69) is 0 Å². The Labute approximate surface area is 151 Å². The topological polar surface area (TPSA) is 42.3 Å². The number of hydrogen-bond donors (Lipinski definition) is 0. The second-order valence-electron chi connectivity index (χ2n) is 6.52. The van der Waals surface area contributed by atoms with E-state index in [1.54, 1.807) is 4.90 Å². The Balaban J connectivity index is 2.18. The van der Waals surface area contributed by atoms with Crippen LogP contribution in [-0.2, 0) is 12.7 Å². The van der Waals surface area contributed by atoms with Gasteiger partial charge in [0.15, 0.2) is 5.78 Å². The van der Waals surface area contributed by atoms with Crippen LogP contribution in [0.4, 0.5) is 26.3 Å². The first kappa shape index (κ1) is 21.5. The minimum absolute atomic E-state index is 0.00265. The summed E-state index contributed by atoms with van der Waals surface area (Å²) >= 11 is 0. The highest BCUT2D eigenvalue weighted by atomic mass is 19.4. The van der Waals surface area contributed by atoms with E-state index in [0.717, 1.165) is 6.07 Å². The zero-order valence-corrected chi connectivity index (χ0v) is 14.7. The van der Waals surface area contributed by atoms with Crippen LogP contribution in [-0.4, -0.2) is 41.1 Å². The van der Waals surface area contributed by atoms with E-state index in [0.29, 0.717) is 10.6 Å². The zero-order chi connectivity index (χ0) is 20.4. The smallest absolute Gasteiger partial charge is 0.303 e. The first-order chi connectivity index (χ1) is 12.4. The molecule has 0 atom stereocenters. The summed E-state index contributed by atoms with van der Waals surface area (Å²) in [6, 6.07) is 1.57. The Morgan fingerprint density at radius 2 is 1.67 bits per heavy atom. The van der Waals surface area contributed by atoms with Crippen LogP contribution in [0, 0.1) is 5.92 Å². The standard InChI is InChI=1S/C17H20F6N2O2/c1-2-13(26)12-3-4-14(17(21,22)23)25(15(12)27)10-9-24-7-5-11(6-8-24)16(18,19)20/h3-4,11H,2,5-10H2,1H3. The van der Waals surface area contributed by atoms with Crippen molar-refractivity contribution in [2.24, 2.45) is 5.92 Å². The van der Waals surface area contributed by atoms with Gasteiger partial charge in [-0.2, -0.15) is 26.3 Å². The number of ketones is 1. The molecule has 0 saturated carbocycles. The number of piperidine rings is 1. The Bertz CT molecular complexity index is 730. The molecule has 0 radical (unpaired) electrons. The van der Waals surface area contributed by atoms with E-state index >= 15 is 0 Å². The van der Waals surface area contributed by atoms with Gasteiger partial charge in [0.2, 0.25) is 0 Å². The van der Waals surface area contributed by atoms with E-state index in [4.69, 9.17) is 0 Å². The molecular formula is C17H20F6N2O2. The molecule has 0 aliphatic carbocycles. The van der Waals surface area contributed by atoms with Crippen LogP contribution in [0.2, 0.25) is 0 Å². The number of aromatic nitrogens is 1.